The van der Waals surface area contributed by atoms with Crippen molar-refractivity contribution in [2.24, 2.45) is 0 Å². The molecule has 0 radical (unpaired) electrons. The lowest BCUT2D eigenvalue weighted by molar-refractivity contribution is -0.384. The quantitative estimate of drug-likeness (QED) is 0.663. The minimum Gasteiger partial charge on any atom is -0.364 e. The van der Waals surface area contributed by atoms with Crippen LogP contribution >= 0.6 is 15.9 Å². The summed E-state index contributed by atoms with van der Waals surface area (Å²) in [6.45, 7) is 4.54. The number of rotatable bonds is 5. The Balaban J connectivity index is 2.28. The van der Waals surface area contributed by atoms with Gasteiger partial charge in [-0.3, -0.25) is 15.1 Å². The van der Waals surface area contributed by atoms with E-state index in [0.717, 1.165) is 26.1 Å². The lowest BCUT2D eigenvalue weighted by Crippen LogP contribution is -2.38. The molecule has 1 aliphatic heterocycles. The molecule has 104 valence electrons. The largest absolute Gasteiger partial charge is 0.364 e. The van der Waals surface area contributed by atoms with E-state index in [1.54, 1.807) is 6.20 Å². The predicted octanol–water partition coefficient (Wildman–Crippen LogP) is 2.33. The van der Waals surface area contributed by atoms with E-state index in [0.29, 0.717) is 16.2 Å². The smallest absolute Gasteiger partial charge is 0.311 e. The van der Waals surface area contributed by atoms with Crippen LogP contribution in [0, 0.1) is 10.1 Å². The fourth-order valence-electron chi connectivity index (χ4n) is 2.42. The van der Waals surface area contributed by atoms with E-state index in [-0.39, 0.29) is 10.6 Å². The Bertz CT molecular complexity index is 463. The summed E-state index contributed by atoms with van der Waals surface area (Å²) in [6, 6.07) is 0.402. The molecule has 1 aliphatic rings. The van der Waals surface area contributed by atoms with Gasteiger partial charge in [-0.05, 0) is 42.2 Å². The van der Waals surface area contributed by atoms with Crippen molar-refractivity contribution in [2.45, 2.75) is 25.8 Å². The maximum Gasteiger partial charge on any atom is 0.311 e. The Morgan fingerprint density at radius 1 is 1.63 bits per heavy atom. The number of hydrogen-bond donors (Lipinski definition) is 1. The molecule has 1 N–H and O–H groups in total. The summed E-state index contributed by atoms with van der Waals surface area (Å²) in [4.78, 5) is 16.7. The summed E-state index contributed by atoms with van der Waals surface area (Å²) >= 11 is 3.38. The lowest BCUT2D eigenvalue weighted by atomic mass is 10.2. The molecule has 0 bridgehead atoms. The van der Waals surface area contributed by atoms with Crippen molar-refractivity contribution >= 4 is 27.3 Å². The monoisotopic (exact) mass is 328 g/mol. The number of hydrogen-bond acceptors (Lipinski definition) is 5. The molecule has 0 saturated carbocycles. The van der Waals surface area contributed by atoms with Crippen LogP contribution in [0.2, 0.25) is 0 Å². The molecule has 0 spiro atoms. The van der Waals surface area contributed by atoms with Crippen LogP contribution in [0.1, 0.15) is 19.8 Å². The van der Waals surface area contributed by atoms with Gasteiger partial charge in [0, 0.05) is 25.3 Å². The van der Waals surface area contributed by atoms with Crippen molar-refractivity contribution in [3.05, 3.63) is 27.0 Å². The van der Waals surface area contributed by atoms with Crippen LogP contribution < -0.4 is 10.2 Å². The highest BCUT2D eigenvalue weighted by Gasteiger charge is 2.25. The molecule has 1 fully saturated rings. The van der Waals surface area contributed by atoms with Gasteiger partial charge >= 0.3 is 5.69 Å². The van der Waals surface area contributed by atoms with E-state index in [1.165, 1.54) is 12.6 Å². The average Bonchev–Trinajstić information content (AvgIpc) is 2.89. The molecule has 0 aliphatic carbocycles. The van der Waals surface area contributed by atoms with E-state index in [4.69, 9.17) is 0 Å². The van der Waals surface area contributed by atoms with Gasteiger partial charge in [0.25, 0.3) is 0 Å². The second kappa shape index (κ2) is 6.29. The Morgan fingerprint density at radius 3 is 3.00 bits per heavy atom. The van der Waals surface area contributed by atoms with Crippen molar-refractivity contribution in [2.75, 3.05) is 24.5 Å². The van der Waals surface area contributed by atoms with Gasteiger partial charge in [-0.25, -0.2) is 0 Å². The summed E-state index contributed by atoms with van der Waals surface area (Å²) in [5.74, 6) is 0. The van der Waals surface area contributed by atoms with Crippen molar-refractivity contribution in [3.63, 3.8) is 0 Å². The zero-order valence-electron chi connectivity index (χ0n) is 10.8. The molecule has 7 heteroatoms. The molecular weight excluding hydrogens is 312 g/mol. The molecule has 1 aromatic heterocycles. The third kappa shape index (κ3) is 3.22. The first-order valence-electron chi connectivity index (χ1n) is 6.39. The predicted molar refractivity (Wildman–Crippen MR) is 77.5 cm³/mol. The third-order valence-corrected chi connectivity index (χ3v) is 3.93. The number of pyridine rings is 1. The number of aromatic nitrogens is 1. The Morgan fingerprint density at radius 2 is 2.42 bits per heavy atom. The van der Waals surface area contributed by atoms with Gasteiger partial charge in [0.1, 0.15) is 11.9 Å². The Labute approximate surface area is 120 Å². The molecule has 1 unspecified atom stereocenters. The van der Waals surface area contributed by atoms with Crippen LogP contribution in [0.4, 0.5) is 11.4 Å². The molecule has 0 aromatic carbocycles. The molecule has 1 aromatic rings. The highest BCUT2D eigenvalue weighted by atomic mass is 79.9. The van der Waals surface area contributed by atoms with Crippen LogP contribution in [0.5, 0.6) is 0 Å². The van der Waals surface area contributed by atoms with E-state index in [2.05, 4.69) is 26.2 Å². The van der Waals surface area contributed by atoms with E-state index >= 15 is 0 Å². The standard InChI is InChI=1S/C12H17BrN4O2/c1-2-16(8-9-4-3-5-15-9)12-10(13)6-14-7-11(12)17(18)19/h6-7,9,15H,2-5,8H2,1H3. The maximum atomic E-state index is 11.1. The highest BCUT2D eigenvalue weighted by Crippen LogP contribution is 2.34. The molecule has 2 heterocycles. The third-order valence-electron chi connectivity index (χ3n) is 3.35. The van der Waals surface area contributed by atoms with Gasteiger partial charge in [-0.2, -0.15) is 0 Å². The maximum absolute atomic E-state index is 11.1. The Hall–Kier alpha value is -1.21. The fraction of sp³-hybridized carbons (Fsp3) is 0.583. The summed E-state index contributed by atoms with van der Waals surface area (Å²) in [7, 11) is 0. The first-order valence-corrected chi connectivity index (χ1v) is 7.19. The van der Waals surface area contributed by atoms with Gasteiger partial charge in [0.05, 0.1) is 9.40 Å². The van der Waals surface area contributed by atoms with E-state index < -0.39 is 0 Å². The van der Waals surface area contributed by atoms with Crippen LogP contribution in [-0.4, -0.2) is 35.6 Å². The second-order valence-electron chi connectivity index (χ2n) is 4.58. The van der Waals surface area contributed by atoms with Gasteiger partial charge in [0.2, 0.25) is 0 Å². The van der Waals surface area contributed by atoms with Crippen molar-refractivity contribution in [1.29, 1.82) is 0 Å². The van der Waals surface area contributed by atoms with Gasteiger partial charge in [0.15, 0.2) is 0 Å². The van der Waals surface area contributed by atoms with Gasteiger partial charge < -0.3 is 10.2 Å². The average molecular weight is 329 g/mol. The van der Waals surface area contributed by atoms with Crippen molar-refractivity contribution in [1.82, 2.24) is 10.3 Å². The summed E-state index contributed by atoms with van der Waals surface area (Å²) in [5.41, 5.74) is 0.672. The van der Waals surface area contributed by atoms with Crippen LogP contribution in [0.25, 0.3) is 0 Å². The number of nitro groups is 1. The molecule has 1 atom stereocenters. The molecular formula is C12H17BrN4O2. The Kier molecular flexibility index (Phi) is 4.71. The molecule has 19 heavy (non-hydrogen) atoms. The number of nitrogens with zero attached hydrogens (tertiary/aromatic N) is 3. The lowest BCUT2D eigenvalue weighted by Gasteiger charge is -2.26. The number of anilines is 1. The SMILES string of the molecule is CCN(CC1CCCN1)c1c(Br)cncc1[N+](=O)[O-]. The first-order chi connectivity index (χ1) is 9.13. The number of likely N-dealkylation sites (N-methyl/N-ethyl adjacent to an activating group) is 1. The first kappa shape index (κ1) is 14.2. The van der Waals surface area contributed by atoms with Gasteiger partial charge in [-0.15, -0.1) is 0 Å². The summed E-state index contributed by atoms with van der Waals surface area (Å²) < 4.78 is 0.668. The summed E-state index contributed by atoms with van der Waals surface area (Å²) in [6.07, 6.45) is 5.20. The number of halogens is 1. The molecule has 2 rings (SSSR count). The van der Waals surface area contributed by atoms with Crippen molar-refractivity contribution in [3.8, 4) is 0 Å². The fourth-order valence-corrected chi connectivity index (χ4v) is 2.99. The number of nitrogens with one attached hydrogen (secondary N) is 1. The molecule has 1 saturated heterocycles. The minimum atomic E-state index is -0.377. The second-order valence-corrected chi connectivity index (χ2v) is 5.43. The minimum absolute atomic E-state index is 0.0502. The van der Waals surface area contributed by atoms with Crippen molar-refractivity contribution < 1.29 is 4.92 Å². The van der Waals surface area contributed by atoms with E-state index in [1.807, 2.05) is 11.8 Å². The normalized spacial score (nSPS) is 18.5. The molecule has 0 amide bonds. The molecule has 6 nitrogen and oxygen atoms in total. The van der Waals surface area contributed by atoms with Crippen LogP contribution in [0.15, 0.2) is 16.9 Å². The zero-order chi connectivity index (χ0) is 13.8. The van der Waals surface area contributed by atoms with Crippen LogP contribution in [-0.2, 0) is 0 Å². The van der Waals surface area contributed by atoms with E-state index in [9.17, 15) is 10.1 Å². The summed E-state index contributed by atoms with van der Waals surface area (Å²) in [5, 5.41) is 14.6. The van der Waals surface area contributed by atoms with Crippen LogP contribution in [0.3, 0.4) is 0 Å². The zero-order valence-corrected chi connectivity index (χ0v) is 12.4. The highest BCUT2D eigenvalue weighted by molar-refractivity contribution is 9.10. The van der Waals surface area contributed by atoms with Gasteiger partial charge in [-0.1, -0.05) is 0 Å². The topological polar surface area (TPSA) is 71.3 Å².